The number of nitrogens with zero attached hydrogens (tertiary/aromatic N) is 1. The van der Waals surface area contributed by atoms with Gasteiger partial charge in [0, 0.05) is 25.7 Å². The Balaban J connectivity index is 1.93. The molecule has 3 atom stereocenters. The molecule has 0 aromatic heterocycles. The minimum Gasteiger partial charge on any atom is -0.389 e. The van der Waals surface area contributed by atoms with Crippen molar-refractivity contribution in [3.05, 3.63) is 0 Å². The highest BCUT2D eigenvalue weighted by Gasteiger charge is 2.43. The van der Waals surface area contributed by atoms with Gasteiger partial charge in [-0.1, -0.05) is 12.2 Å². The van der Waals surface area contributed by atoms with E-state index in [1.54, 1.807) is 7.11 Å². The molecule has 2 radical (unpaired) electrons. The second kappa shape index (κ2) is 4.67. The Labute approximate surface area is 99.6 Å². The molecule has 2 heterocycles. The van der Waals surface area contributed by atoms with Crippen LogP contribution in [0.5, 0.6) is 0 Å². The fourth-order valence-corrected chi connectivity index (χ4v) is 3.40. The van der Waals surface area contributed by atoms with E-state index < -0.39 is 0 Å². The van der Waals surface area contributed by atoms with E-state index >= 15 is 0 Å². The monoisotopic (exact) mass is 223 g/mol. The molecule has 1 N–H and O–H groups in total. The molecule has 2 aliphatic heterocycles. The fourth-order valence-electron chi connectivity index (χ4n) is 3.40. The summed E-state index contributed by atoms with van der Waals surface area (Å²) in [6.07, 6.45) is 4.22. The van der Waals surface area contributed by atoms with E-state index in [-0.39, 0.29) is 11.4 Å². The van der Waals surface area contributed by atoms with Gasteiger partial charge in [-0.05, 0) is 25.7 Å². The largest absolute Gasteiger partial charge is 0.389 e. The molecule has 0 aromatic rings. The minimum atomic E-state index is -0.366. The fraction of sp³-hybridized carbons (Fsp3) is 1.00. The average molecular weight is 223 g/mol. The van der Waals surface area contributed by atoms with Crippen molar-refractivity contribution in [2.75, 3.05) is 20.3 Å². The van der Waals surface area contributed by atoms with Gasteiger partial charge in [-0.15, -0.1) is 0 Å². The van der Waals surface area contributed by atoms with Crippen LogP contribution in [0.3, 0.4) is 0 Å². The van der Waals surface area contributed by atoms with Gasteiger partial charge in [0.2, 0.25) is 0 Å². The first-order valence-corrected chi connectivity index (χ1v) is 6.23. The van der Waals surface area contributed by atoms with Gasteiger partial charge >= 0.3 is 0 Å². The average Bonchev–Trinajstić information content (AvgIpc) is 2.44. The standard InChI is InChI=1S/C12H22BNO2/c1-12(13)5-9-3-4-10(6-12)14(9)7-11(15)8-16-2/h9-11,15H,3-8H2,1-2H3. The van der Waals surface area contributed by atoms with Crippen molar-refractivity contribution < 1.29 is 9.84 Å². The smallest absolute Gasteiger partial charge is 0.0900 e. The van der Waals surface area contributed by atoms with Crippen LogP contribution < -0.4 is 0 Å². The first kappa shape index (κ1) is 12.4. The lowest BCUT2D eigenvalue weighted by Crippen LogP contribution is -2.48. The van der Waals surface area contributed by atoms with Crippen LogP contribution in [0, 0.1) is 0 Å². The van der Waals surface area contributed by atoms with E-state index in [1.807, 2.05) is 0 Å². The van der Waals surface area contributed by atoms with Crippen LogP contribution in [0.15, 0.2) is 0 Å². The maximum Gasteiger partial charge on any atom is 0.0900 e. The van der Waals surface area contributed by atoms with Crippen LogP contribution >= 0.6 is 0 Å². The van der Waals surface area contributed by atoms with Crippen LogP contribution in [0.1, 0.15) is 32.6 Å². The first-order chi connectivity index (χ1) is 7.52. The van der Waals surface area contributed by atoms with Gasteiger partial charge in [0.05, 0.1) is 20.6 Å². The summed E-state index contributed by atoms with van der Waals surface area (Å²) in [6.45, 7) is 3.32. The van der Waals surface area contributed by atoms with Crippen molar-refractivity contribution in [2.24, 2.45) is 0 Å². The summed E-state index contributed by atoms with van der Waals surface area (Å²) in [5.41, 5.74) is 0. The Morgan fingerprint density at radius 3 is 2.50 bits per heavy atom. The SMILES string of the molecule is [B]C1(C)CC2CCC(C1)N2CC(O)COC. The molecule has 2 saturated heterocycles. The zero-order valence-corrected chi connectivity index (χ0v) is 10.4. The predicted octanol–water partition coefficient (Wildman–Crippen LogP) is 0.968. The maximum absolute atomic E-state index is 9.80. The summed E-state index contributed by atoms with van der Waals surface area (Å²) in [4.78, 5) is 2.44. The molecular weight excluding hydrogens is 201 g/mol. The van der Waals surface area contributed by atoms with Crippen molar-refractivity contribution in [3.63, 3.8) is 0 Å². The topological polar surface area (TPSA) is 32.7 Å². The second-order valence-corrected chi connectivity index (χ2v) is 5.75. The predicted molar refractivity (Wildman–Crippen MR) is 64.8 cm³/mol. The first-order valence-electron chi connectivity index (χ1n) is 6.23. The summed E-state index contributed by atoms with van der Waals surface area (Å²) in [5.74, 6) is 0. The second-order valence-electron chi connectivity index (χ2n) is 5.75. The minimum absolute atomic E-state index is 0.00541. The third-order valence-corrected chi connectivity index (χ3v) is 3.96. The van der Waals surface area contributed by atoms with Gasteiger partial charge in [-0.25, -0.2) is 0 Å². The van der Waals surface area contributed by atoms with Crippen LogP contribution in [0.2, 0.25) is 5.31 Å². The summed E-state index contributed by atoms with van der Waals surface area (Å²) >= 11 is 0. The molecule has 16 heavy (non-hydrogen) atoms. The van der Waals surface area contributed by atoms with E-state index in [9.17, 15) is 5.11 Å². The molecular formula is C12H22BNO2. The molecule has 0 saturated carbocycles. The number of aliphatic hydroxyl groups is 1. The van der Waals surface area contributed by atoms with Crippen molar-refractivity contribution in [2.45, 2.75) is 56.1 Å². The molecule has 0 spiro atoms. The summed E-state index contributed by atoms with van der Waals surface area (Å²) in [7, 11) is 7.87. The van der Waals surface area contributed by atoms with Crippen LogP contribution in [-0.2, 0) is 4.74 Å². The molecule has 2 bridgehead atoms. The molecule has 90 valence electrons. The van der Waals surface area contributed by atoms with E-state index in [1.165, 1.54) is 12.8 Å². The number of ether oxygens (including phenoxy) is 1. The van der Waals surface area contributed by atoms with Crippen LogP contribution in [-0.4, -0.2) is 56.3 Å². The van der Waals surface area contributed by atoms with E-state index in [0.29, 0.717) is 18.7 Å². The normalized spacial score (nSPS) is 41.2. The number of hydrogen-bond donors (Lipinski definition) is 1. The maximum atomic E-state index is 9.80. The van der Waals surface area contributed by atoms with Gasteiger partial charge < -0.3 is 9.84 Å². The zero-order valence-electron chi connectivity index (χ0n) is 10.4. The van der Waals surface area contributed by atoms with Gasteiger partial charge in [-0.2, -0.15) is 0 Å². The quantitative estimate of drug-likeness (QED) is 0.721. The Kier molecular flexibility index (Phi) is 3.62. The van der Waals surface area contributed by atoms with Crippen molar-refractivity contribution in [1.29, 1.82) is 0 Å². The molecule has 0 aromatic carbocycles. The highest BCUT2D eigenvalue weighted by molar-refractivity contribution is 6.15. The lowest BCUT2D eigenvalue weighted by molar-refractivity contribution is 0.0101. The highest BCUT2D eigenvalue weighted by atomic mass is 16.5. The van der Waals surface area contributed by atoms with Crippen molar-refractivity contribution in [1.82, 2.24) is 4.90 Å². The lowest BCUT2D eigenvalue weighted by Gasteiger charge is -2.44. The summed E-state index contributed by atoms with van der Waals surface area (Å²) in [5, 5.41) is 9.79. The lowest BCUT2D eigenvalue weighted by atomic mass is 9.62. The van der Waals surface area contributed by atoms with Crippen LogP contribution in [0.25, 0.3) is 0 Å². The third kappa shape index (κ3) is 2.61. The van der Waals surface area contributed by atoms with Gasteiger partial charge in [0.15, 0.2) is 0 Å². The van der Waals surface area contributed by atoms with E-state index in [4.69, 9.17) is 12.6 Å². The number of fused-ring (bicyclic) bond motifs is 2. The molecule has 2 rings (SSSR count). The summed E-state index contributed by atoms with van der Waals surface area (Å²) < 4.78 is 4.98. The van der Waals surface area contributed by atoms with Gasteiger partial charge in [-0.3, -0.25) is 4.90 Å². The molecule has 2 fully saturated rings. The Morgan fingerprint density at radius 1 is 1.44 bits per heavy atom. The molecule has 4 heteroatoms. The molecule has 0 amide bonds. The number of piperidine rings is 1. The van der Waals surface area contributed by atoms with Gasteiger partial charge in [0.25, 0.3) is 0 Å². The number of aliphatic hydroxyl groups excluding tert-OH is 1. The Bertz CT molecular complexity index is 231. The van der Waals surface area contributed by atoms with E-state index in [2.05, 4.69) is 11.8 Å². The Morgan fingerprint density at radius 2 is 2.00 bits per heavy atom. The van der Waals surface area contributed by atoms with Crippen molar-refractivity contribution in [3.8, 4) is 0 Å². The summed E-state index contributed by atoms with van der Waals surface area (Å²) in [6, 6.07) is 1.14. The van der Waals surface area contributed by atoms with Crippen LogP contribution in [0.4, 0.5) is 0 Å². The molecule has 3 unspecified atom stereocenters. The van der Waals surface area contributed by atoms with Gasteiger partial charge in [0.1, 0.15) is 0 Å². The van der Waals surface area contributed by atoms with E-state index in [0.717, 1.165) is 19.4 Å². The number of hydrogen-bond acceptors (Lipinski definition) is 3. The molecule has 3 nitrogen and oxygen atoms in total. The molecule has 0 aliphatic carbocycles. The van der Waals surface area contributed by atoms with Crippen molar-refractivity contribution >= 4 is 7.85 Å². The highest BCUT2D eigenvalue weighted by Crippen LogP contribution is 2.47. The zero-order chi connectivity index (χ0) is 11.8. The number of methoxy groups -OCH3 is 1. The number of rotatable bonds is 4. The Hall–Kier alpha value is -0.0551. The molecule has 2 aliphatic rings. The third-order valence-electron chi connectivity index (χ3n) is 3.96.